The second-order valence-electron chi connectivity index (χ2n) is 6.23. The molecule has 0 atom stereocenters. The van der Waals surface area contributed by atoms with Crippen LogP contribution < -0.4 is 14.3 Å². The van der Waals surface area contributed by atoms with E-state index in [1.807, 2.05) is 16.7 Å². The lowest BCUT2D eigenvalue weighted by molar-refractivity contribution is 0.0991. The third-order valence-corrected chi connectivity index (χ3v) is 5.47. The first kappa shape index (κ1) is 19.8. The largest absolute Gasteiger partial charge is 0.495 e. The maximum Gasteiger partial charge on any atom is 0.279 e. The summed E-state index contributed by atoms with van der Waals surface area (Å²) in [5.41, 5.74) is 1.87. The highest BCUT2D eigenvalue weighted by molar-refractivity contribution is 7.16. The molecule has 0 aliphatic rings. The molecule has 1 aromatic heterocycles. The third kappa shape index (κ3) is 3.71. The third-order valence-electron chi connectivity index (χ3n) is 4.38. The van der Waals surface area contributed by atoms with Crippen molar-refractivity contribution in [2.24, 2.45) is 4.99 Å². The molecule has 28 heavy (non-hydrogen) atoms. The van der Waals surface area contributed by atoms with Crippen LogP contribution in [-0.2, 0) is 6.54 Å². The van der Waals surface area contributed by atoms with Crippen molar-refractivity contribution in [3.05, 3.63) is 52.3 Å². The predicted octanol–water partition coefficient (Wildman–Crippen LogP) is 4.07. The zero-order chi connectivity index (χ0) is 20.3. The Balaban J connectivity index is 2.16. The van der Waals surface area contributed by atoms with Gasteiger partial charge < -0.3 is 14.0 Å². The minimum Gasteiger partial charge on any atom is -0.495 e. The molecule has 3 rings (SSSR count). The number of hydrogen-bond acceptors (Lipinski definition) is 5. The van der Waals surface area contributed by atoms with Gasteiger partial charge in [-0.3, -0.25) is 9.59 Å². The maximum absolute atomic E-state index is 12.7. The van der Waals surface area contributed by atoms with Gasteiger partial charge in [-0.25, -0.2) is 0 Å². The van der Waals surface area contributed by atoms with E-state index in [2.05, 4.69) is 11.9 Å². The molecule has 0 saturated heterocycles. The lowest BCUT2D eigenvalue weighted by Gasteiger charge is -2.09. The Bertz CT molecular complexity index is 1090. The summed E-state index contributed by atoms with van der Waals surface area (Å²) in [6.07, 6.45) is 0.876. The standard InChI is InChI=1S/C21H22N2O4S/c1-5-12-23-18-16(26-3)10-11-17(27-4)19(18)28-21(23)22-20(25)15-8-6-14(7-9-15)13(2)24/h6-11H,5,12H2,1-4H3. The highest BCUT2D eigenvalue weighted by Gasteiger charge is 2.16. The lowest BCUT2D eigenvalue weighted by Crippen LogP contribution is -2.17. The zero-order valence-electron chi connectivity index (χ0n) is 16.3. The Labute approximate surface area is 167 Å². The van der Waals surface area contributed by atoms with Gasteiger partial charge in [-0.2, -0.15) is 4.99 Å². The predicted molar refractivity (Wildman–Crippen MR) is 110 cm³/mol. The second kappa shape index (κ2) is 8.39. The number of nitrogens with zero attached hydrogens (tertiary/aromatic N) is 2. The summed E-state index contributed by atoms with van der Waals surface area (Å²) in [5, 5.41) is 0. The molecule has 0 fully saturated rings. The van der Waals surface area contributed by atoms with Gasteiger partial charge in [0.25, 0.3) is 5.91 Å². The average Bonchev–Trinajstić information content (AvgIpc) is 3.05. The van der Waals surface area contributed by atoms with E-state index in [1.165, 1.54) is 18.3 Å². The first-order valence-electron chi connectivity index (χ1n) is 8.94. The lowest BCUT2D eigenvalue weighted by atomic mass is 10.1. The van der Waals surface area contributed by atoms with Gasteiger partial charge in [0.15, 0.2) is 10.6 Å². The van der Waals surface area contributed by atoms with Crippen LogP contribution in [0.25, 0.3) is 10.2 Å². The summed E-state index contributed by atoms with van der Waals surface area (Å²) in [7, 11) is 3.23. The molecule has 0 radical (unpaired) electrons. The SMILES string of the molecule is CCCn1c(=NC(=O)c2ccc(C(C)=O)cc2)sc2c(OC)ccc(OC)c21. The molecule has 146 valence electrons. The highest BCUT2D eigenvalue weighted by atomic mass is 32.1. The van der Waals surface area contributed by atoms with Gasteiger partial charge >= 0.3 is 0 Å². The number of aromatic nitrogens is 1. The minimum absolute atomic E-state index is 0.0413. The van der Waals surface area contributed by atoms with E-state index in [-0.39, 0.29) is 11.7 Å². The van der Waals surface area contributed by atoms with Crippen molar-refractivity contribution in [3.8, 4) is 11.5 Å². The van der Waals surface area contributed by atoms with Gasteiger partial charge in [-0.15, -0.1) is 0 Å². The number of carbonyl (C=O) groups excluding carboxylic acids is 2. The number of ketones is 1. The van der Waals surface area contributed by atoms with Crippen LogP contribution in [0.3, 0.4) is 0 Å². The van der Waals surface area contributed by atoms with Crippen molar-refractivity contribution in [2.45, 2.75) is 26.8 Å². The molecule has 0 N–H and O–H groups in total. The van der Waals surface area contributed by atoms with E-state index < -0.39 is 0 Å². The zero-order valence-corrected chi connectivity index (χ0v) is 17.1. The fraction of sp³-hybridized carbons (Fsp3) is 0.286. The van der Waals surface area contributed by atoms with Crippen molar-refractivity contribution in [2.75, 3.05) is 14.2 Å². The van der Waals surface area contributed by atoms with Crippen LogP contribution >= 0.6 is 11.3 Å². The van der Waals surface area contributed by atoms with Gasteiger partial charge in [0.1, 0.15) is 21.7 Å². The van der Waals surface area contributed by atoms with Gasteiger partial charge in [0, 0.05) is 17.7 Å². The normalized spacial score (nSPS) is 11.6. The fourth-order valence-corrected chi connectivity index (χ4v) is 4.13. The molecule has 0 unspecified atom stereocenters. The van der Waals surface area contributed by atoms with E-state index in [4.69, 9.17) is 9.47 Å². The molecule has 0 spiro atoms. The quantitative estimate of drug-likeness (QED) is 0.587. The van der Waals surface area contributed by atoms with E-state index in [0.717, 1.165) is 16.6 Å². The Hall–Kier alpha value is -2.93. The second-order valence-corrected chi connectivity index (χ2v) is 7.21. The Kier molecular flexibility index (Phi) is 5.94. The summed E-state index contributed by atoms with van der Waals surface area (Å²) in [6, 6.07) is 10.2. The summed E-state index contributed by atoms with van der Waals surface area (Å²) < 4.78 is 13.9. The Morgan fingerprint density at radius 3 is 2.18 bits per heavy atom. The summed E-state index contributed by atoms with van der Waals surface area (Å²) in [5.74, 6) is 1.02. The Morgan fingerprint density at radius 1 is 1.00 bits per heavy atom. The number of amides is 1. The number of Topliss-reactive ketones (excluding diaryl/α,β-unsaturated/α-hetero) is 1. The van der Waals surface area contributed by atoms with E-state index in [9.17, 15) is 9.59 Å². The molecule has 0 aliphatic carbocycles. The number of hydrogen-bond donors (Lipinski definition) is 0. The monoisotopic (exact) mass is 398 g/mol. The van der Waals surface area contributed by atoms with Crippen molar-refractivity contribution in [3.63, 3.8) is 0 Å². The first-order chi connectivity index (χ1) is 13.5. The molecule has 0 saturated carbocycles. The fourth-order valence-electron chi connectivity index (χ4n) is 2.97. The topological polar surface area (TPSA) is 69.9 Å². The van der Waals surface area contributed by atoms with Crippen molar-refractivity contribution >= 4 is 33.2 Å². The smallest absolute Gasteiger partial charge is 0.279 e. The minimum atomic E-state index is -0.357. The summed E-state index contributed by atoms with van der Waals surface area (Å²) in [4.78, 5) is 29.1. The molecule has 0 aliphatic heterocycles. The van der Waals surface area contributed by atoms with E-state index in [0.29, 0.717) is 34.0 Å². The maximum atomic E-state index is 12.7. The molecule has 3 aromatic rings. The molecular weight excluding hydrogens is 376 g/mol. The van der Waals surface area contributed by atoms with Crippen LogP contribution in [0.4, 0.5) is 0 Å². The number of ether oxygens (including phenoxy) is 2. The van der Waals surface area contributed by atoms with Crippen molar-refractivity contribution in [1.82, 2.24) is 4.57 Å². The Morgan fingerprint density at radius 2 is 1.61 bits per heavy atom. The average molecular weight is 398 g/mol. The van der Waals surface area contributed by atoms with Gasteiger partial charge in [-0.1, -0.05) is 30.4 Å². The van der Waals surface area contributed by atoms with E-state index >= 15 is 0 Å². The number of carbonyl (C=O) groups is 2. The number of thiazole rings is 1. The van der Waals surface area contributed by atoms with Crippen LogP contribution in [0.1, 0.15) is 41.0 Å². The van der Waals surface area contributed by atoms with Gasteiger partial charge in [0.2, 0.25) is 0 Å². The van der Waals surface area contributed by atoms with Crippen LogP contribution in [0.5, 0.6) is 11.5 Å². The van der Waals surface area contributed by atoms with Gasteiger partial charge in [0.05, 0.1) is 14.2 Å². The van der Waals surface area contributed by atoms with Crippen molar-refractivity contribution < 1.29 is 19.1 Å². The van der Waals surface area contributed by atoms with Crippen LogP contribution in [0.15, 0.2) is 41.4 Å². The molecule has 0 bridgehead atoms. The number of methoxy groups -OCH3 is 2. The number of aryl methyl sites for hydroxylation is 1. The van der Waals surface area contributed by atoms with E-state index in [1.54, 1.807) is 38.5 Å². The number of benzene rings is 2. The molecule has 7 heteroatoms. The first-order valence-corrected chi connectivity index (χ1v) is 9.76. The summed E-state index contributed by atoms with van der Waals surface area (Å²) in [6.45, 7) is 4.25. The van der Waals surface area contributed by atoms with Crippen LogP contribution in [0, 0.1) is 0 Å². The molecule has 1 heterocycles. The molecule has 1 amide bonds. The molecule has 2 aromatic carbocycles. The van der Waals surface area contributed by atoms with Crippen LogP contribution in [-0.4, -0.2) is 30.5 Å². The molecular formula is C21H22N2O4S. The summed E-state index contributed by atoms with van der Waals surface area (Å²) >= 11 is 1.39. The number of fused-ring (bicyclic) bond motifs is 1. The van der Waals surface area contributed by atoms with Crippen molar-refractivity contribution in [1.29, 1.82) is 0 Å². The van der Waals surface area contributed by atoms with Crippen LogP contribution in [0.2, 0.25) is 0 Å². The molecule has 6 nitrogen and oxygen atoms in total. The highest BCUT2D eigenvalue weighted by Crippen LogP contribution is 2.35. The number of rotatable bonds is 6. The van der Waals surface area contributed by atoms with Gasteiger partial charge in [-0.05, 0) is 37.6 Å².